The van der Waals surface area contributed by atoms with Crippen molar-refractivity contribution in [2.45, 2.75) is 25.3 Å². The number of anilines is 2. The van der Waals surface area contributed by atoms with Crippen LogP contribution in [0.25, 0.3) is 10.8 Å². The smallest absolute Gasteiger partial charge is 0.221 e. The highest BCUT2D eigenvalue weighted by Gasteiger charge is 2.38. The normalized spacial score (nSPS) is 22.8. The van der Waals surface area contributed by atoms with E-state index >= 15 is 0 Å². The number of nitrogens with one attached hydrogen (secondary N) is 2. The first kappa shape index (κ1) is 16.1. The highest BCUT2D eigenvalue weighted by Crippen LogP contribution is 2.51. The standard InChI is InChI=1S/C24H22N2O/c1-15(27)25-18-8-4-7-17(14-18)24-21-11-5-10-20(21)23-19-9-3-2-6-16(19)12-13-22(23)26-24/h2-10,12-14,20-21,24,26H,11H2,1H3,(H,25,27). The van der Waals surface area contributed by atoms with Crippen LogP contribution >= 0.6 is 0 Å². The van der Waals surface area contributed by atoms with Gasteiger partial charge in [0.15, 0.2) is 0 Å². The molecule has 27 heavy (non-hydrogen) atoms. The predicted octanol–water partition coefficient (Wildman–Crippen LogP) is 5.62. The van der Waals surface area contributed by atoms with Gasteiger partial charge in [0.05, 0.1) is 6.04 Å². The van der Waals surface area contributed by atoms with E-state index in [1.54, 1.807) is 6.92 Å². The molecule has 3 unspecified atom stereocenters. The van der Waals surface area contributed by atoms with Crippen LogP contribution in [0.1, 0.15) is 36.4 Å². The van der Waals surface area contributed by atoms with Crippen molar-refractivity contribution in [2.24, 2.45) is 5.92 Å². The molecule has 3 aromatic carbocycles. The van der Waals surface area contributed by atoms with E-state index < -0.39 is 0 Å². The maximum atomic E-state index is 11.4. The van der Waals surface area contributed by atoms with E-state index in [0.29, 0.717) is 11.8 Å². The van der Waals surface area contributed by atoms with Gasteiger partial charge in [0.25, 0.3) is 0 Å². The molecule has 0 saturated heterocycles. The zero-order valence-corrected chi connectivity index (χ0v) is 15.3. The molecule has 3 heteroatoms. The maximum Gasteiger partial charge on any atom is 0.221 e. The van der Waals surface area contributed by atoms with Gasteiger partial charge < -0.3 is 10.6 Å². The molecular weight excluding hydrogens is 332 g/mol. The van der Waals surface area contributed by atoms with Crippen molar-refractivity contribution in [3.05, 3.63) is 83.9 Å². The molecule has 1 heterocycles. The first-order valence-electron chi connectivity index (χ1n) is 9.53. The van der Waals surface area contributed by atoms with E-state index in [1.807, 2.05) is 12.1 Å². The summed E-state index contributed by atoms with van der Waals surface area (Å²) in [6.45, 7) is 1.55. The molecule has 0 saturated carbocycles. The van der Waals surface area contributed by atoms with Crippen molar-refractivity contribution in [2.75, 3.05) is 10.6 Å². The largest absolute Gasteiger partial charge is 0.378 e. The van der Waals surface area contributed by atoms with Crippen LogP contribution in [0.5, 0.6) is 0 Å². The summed E-state index contributed by atoms with van der Waals surface area (Å²) in [6.07, 6.45) is 5.76. The van der Waals surface area contributed by atoms with Gasteiger partial charge in [-0.2, -0.15) is 0 Å². The van der Waals surface area contributed by atoms with Crippen LogP contribution in [0.4, 0.5) is 11.4 Å². The summed E-state index contributed by atoms with van der Waals surface area (Å²) in [5.74, 6) is 0.860. The summed E-state index contributed by atoms with van der Waals surface area (Å²) >= 11 is 0. The fourth-order valence-corrected chi connectivity index (χ4v) is 4.72. The summed E-state index contributed by atoms with van der Waals surface area (Å²) < 4.78 is 0. The van der Waals surface area contributed by atoms with Crippen molar-refractivity contribution in [1.29, 1.82) is 0 Å². The van der Waals surface area contributed by atoms with E-state index in [0.717, 1.165) is 12.1 Å². The lowest BCUT2D eigenvalue weighted by molar-refractivity contribution is -0.114. The van der Waals surface area contributed by atoms with E-state index in [4.69, 9.17) is 0 Å². The second-order valence-corrected chi connectivity index (χ2v) is 7.53. The lowest BCUT2D eigenvalue weighted by atomic mass is 9.75. The lowest BCUT2D eigenvalue weighted by Gasteiger charge is -2.38. The number of hydrogen-bond donors (Lipinski definition) is 2. The van der Waals surface area contributed by atoms with Crippen molar-refractivity contribution in [1.82, 2.24) is 0 Å². The van der Waals surface area contributed by atoms with Gasteiger partial charge in [-0.15, -0.1) is 0 Å². The van der Waals surface area contributed by atoms with E-state index in [-0.39, 0.29) is 11.9 Å². The number of carbonyl (C=O) groups excluding carboxylic acids is 1. The molecule has 2 aliphatic rings. The Morgan fingerprint density at radius 3 is 2.85 bits per heavy atom. The minimum Gasteiger partial charge on any atom is -0.378 e. The van der Waals surface area contributed by atoms with Gasteiger partial charge in [-0.05, 0) is 52.4 Å². The average molecular weight is 354 g/mol. The lowest BCUT2D eigenvalue weighted by Crippen LogP contribution is -2.29. The number of benzene rings is 3. The first-order valence-corrected chi connectivity index (χ1v) is 9.53. The third-order valence-electron chi connectivity index (χ3n) is 5.82. The molecule has 3 nitrogen and oxygen atoms in total. The molecule has 1 aliphatic carbocycles. The van der Waals surface area contributed by atoms with Gasteiger partial charge >= 0.3 is 0 Å². The summed E-state index contributed by atoms with van der Waals surface area (Å²) in [6, 6.07) is 21.5. The Morgan fingerprint density at radius 1 is 1.07 bits per heavy atom. The summed E-state index contributed by atoms with van der Waals surface area (Å²) in [7, 11) is 0. The molecule has 0 radical (unpaired) electrons. The number of amides is 1. The monoisotopic (exact) mass is 354 g/mol. The van der Waals surface area contributed by atoms with Gasteiger partial charge in [-0.3, -0.25) is 4.79 Å². The molecular formula is C24H22N2O. The number of fused-ring (bicyclic) bond motifs is 5. The fraction of sp³-hybridized carbons (Fsp3) is 0.208. The quantitative estimate of drug-likeness (QED) is 0.586. The first-order chi connectivity index (χ1) is 13.2. The second kappa shape index (κ2) is 6.27. The SMILES string of the molecule is CC(=O)Nc1cccc(C2Nc3ccc4ccccc4c3C3C=CCC32)c1. The van der Waals surface area contributed by atoms with Gasteiger partial charge in [-0.1, -0.05) is 54.6 Å². The number of carbonyl (C=O) groups is 1. The molecule has 134 valence electrons. The second-order valence-electron chi connectivity index (χ2n) is 7.53. The molecule has 2 N–H and O–H groups in total. The third kappa shape index (κ3) is 2.71. The Hall–Kier alpha value is -3.07. The third-order valence-corrected chi connectivity index (χ3v) is 5.82. The predicted molar refractivity (Wildman–Crippen MR) is 111 cm³/mol. The number of hydrogen-bond acceptors (Lipinski definition) is 2. The van der Waals surface area contributed by atoms with Crippen LogP contribution in [-0.4, -0.2) is 5.91 Å². The van der Waals surface area contributed by atoms with Crippen LogP contribution in [-0.2, 0) is 4.79 Å². The van der Waals surface area contributed by atoms with Crippen molar-refractivity contribution in [3.8, 4) is 0 Å². The zero-order chi connectivity index (χ0) is 18.4. The average Bonchev–Trinajstić information content (AvgIpc) is 3.16. The highest BCUT2D eigenvalue weighted by molar-refractivity contribution is 5.92. The molecule has 0 aromatic heterocycles. The summed E-state index contributed by atoms with van der Waals surface area (Å²) in [5.41, 5.74) is 4.71. The molecule has 0 fully saturated rings. The topological polar surface area (TPSA) is 41.1 Å². The van der Waals surface area contributed by atoms with Crippen molar-refractivity contribution < 1.29 is 4.79 Å². The van der Waals surface area contributed by atoms with Crippen LogP contribution in [0.2, 0.25) is 0 Å². The van der Waals surface area contributed by atoms with Crippen molar-refractivity contribution >= 4 is 28.1 Å². The van der Waals surface area contributed by atoms with Crippen LogP contribution in [0.15, 0.2) is 72.8 Å². The Labute approximate surface area is 159 Å². The van der Waals surface area contributed by atoms with Gasteiger partial charge in [0, 0.05) is 24.2 Å². The van der Waals surface area contributed by atoms with Crippen LogP contribution in [0, 0.1) is 5.92 Å². The molecule has 0 bridgehead atoms. The fourth-order valence-electron chi connectivity index (χ4n) is 4.72. The molecule has 1 amide bonds. The van der Waals surface area contributed by atoms with Gasteiger partial charge in [0.1, 0.15) is 0 Å². The minimum absolute atomic E-state index is 0.0408. The highest BCUT2D eigenvalue weighted by atomic mass is 16.1. The Balaban J connectivity index is 1.60. The van der Waals surface area contributed by atoms with Gasteiger partial charge in [0.2, 0.25) is 5.91 Å². The van der Waals surface area contributed by atoms with E-state index in [1.165, 1.54) is 27.6 Å². The van der Waals surface area contributed by atoms with Gasteiger partial charge in [-0.25, -0.2) is 0 Å². The zero-order valence-electron chi connectivity index (χ0n) is 15.3. The number of rotatable bonds is 2. The molecule has 3 aromatic rings. The molecule has 3 atom stereocenters. The summed E-state index contributed by atoms with van der Waals surface area (Å²) in [4.78, 5) is 11.4. The minimum atomic E-state index is -0.0408. The van der Waals surface area contributed by atoms with E-state index in [9.17, 15) is 4.79 Å². The van der Waals surface area contributed by atoms with E-state index in [2.05, 4.69) is 71.3 Å². The number of allylic oxidation sites excluding steroid dienone is 2. The Kier molecular flexibility index (Phi) is 3.75. The summed E-state index contributed by atoms with van der Waals surface area (Å²) in [5, 5.41) is 9.35. The van der Waals surface area contributed by atoms with Crippen LogP contribution in [0.3, 0.4) is 0 Å². The molecule has 5 rings (SSSR count). The maximum absolute atomic E-state index is 11.4. The Morgan fingerprint density at radius 2 is 1.96 bits per heavy atom. The van der Waals surface area contributed by atoms with Crippen molar-refractivity contribution in [3.63, 3.8) is 0 Å². The molecule has 1 aliphatic heterocycles. The van der Waals surface area contributed by atoms with Crippen LogP contribution < -0.4 is 10.6 Å². The Bertz CT molecular complexity index is 1070. The molecule has 0 spiro atoms.